The van der Waals surface area contributed by atoms with E-state index in [4.69, 9.17) is 14.2 Å². The van der Waals surface area contributed by atoms with Crippen molar-refractivity contribution in [3.8, 4) is 11.5 Å². The molecule has 0 aliphatic carbocycles. The lowest BCUT2D eigenvalue weighted by atomic mass is 9.74. The van der Waals surface area contributed by atoms with E-state index in [0.29, 0.717) is 39.3 Å². The molecular formula is C23H32N2O5. The van der Waals surface area contributed by atoms with E-state index < -0.39 is 0 Å². The Morgan fingerprint density at radius 3 is 2.60 bits per heavy atom. The van der Waals surface area contributed by atoms with Gasteiger partial charge in [0, 0.05) is 50.6 Å². The molecule has 0 spiro atoms. The largest absolute Gasteiger partial charge is 0.454 e. The van der Waals surface area contributed by atoms with E-state index in [1.807, 2.05) is 17.9 Å². The number of nitrogens with zero attached hydrogens (tertiary/aromatic N) is 1. The van der Waals surface area contributed by atoms with Crippen molar-refractivity contribution in [3.63, 3.8) is 0 Å². The number of piperidine rings is 1. The summed E-state index contributed by atoms with van der Waals surface area (Å²) in [6, 6.07) is 6.10. The first-order valence-corrected chi connectivity index (χ1v) is 11.1. The van der Waals surface area contributed by atoms with Gasteiger partial charge >= 0.3 is 0 Å². The lowest BCUT2D eigenvalue weighted by Gasteiger charge is -2.39. The molecule has 1 aromatic rings. The number of carbonyl (C=O) groups is 2. The molecule has 1 N–H and O–H groups in total. The molecule has 1 aromatic carbocycles. The van der Waals surface area contributed by atoms with E-state index in [-0.39, 0.29) is 29.9 Å². The average Bonchev–Trinajstić information content (AvgIpc) is 3.26. The number of nitrogens with one attached hydrogen (secondary N) is 1. The third-order valence-electron chi connectivity index (χ3n) is 6.72. The van der Waals surface area contributed by atoms with Gasteiger partial charge in [0.2, 0.25) is 18.6 Å². The first-order valence-electron chi connectivity index (χ1n) is 11.1. The van der Waals surface area contributed by atoms with Crippen LogP contribution >= 0.6 is 0 Å². The predicted molar refractivity (Wildman–Crippen MR) is 112 cm³/mol. The highest BCUT2D eigenvalue weighted by Gasteiger charge is 2.37. The SMILES string of the molecule is CCCC(=O)N1CCC(C(=O)NCC2(c3ccc4c(c3)OCO4)CCOCC2)CC1. The summed E-state index contributed by atoms with van der Waals surface area (Å²) in [5.74, 6) is 1.83. The summed E-state index contributed by atoms with van der Waals surface area (Å²) < 4.78 is 16.6. The van der Waals surface area contributed by atoms with Crippen molar-refractivity contribution in [2.45, 2.75) is 50.9 Å². The van der Waals surface area contributed by atoms with E-state index in [2.05, 4.69) is 17.4 Å². The van der Waals surface area contributed by atoms with E-state index in [9.17, 15) is 9.59 Å². The van der Waals surface area contributed by atoms with E-state index >= 15 is 0 Å². The minimum atomic E-state index is -0.160. The van der Waals surface area contributed by atoms with Crippen molar-refractivity contribution >= 4 is 11.8 Å². The molecule has 0 radical (unpaired) electrons. The smallest absolute Gasteiger partial charge is 0.231 e. The van der Waals surface area contributed by atoms with E-state index in [1.165, 1.54) is 0 Å². The van der Waals surface area contributed by atoms with Gasteiger partial charge in [0.25, 0.3) is 0 Å². The molecule has 0 bridgehead atoms. The second kappa shape index (κ2) is 9.25. The van der Waals surface area contributed by atoms with Crippen molar-refractivity contribution in [3.05, 3.63) is 23.8 Å². The zero-order chi connectivity index (χ0) is 21.0. The molecular weight excluding hydrogens is 384 g/mol. The maximum absolute atomic E-state index is 12.9. The van der Waals surface area contributed by atoms with Crippen LogP contribution in [0.4, 0.5) is 0 Å². The summed E-state index contributed by atoms with van der Waals surface area (Å²) in [4.78, 5) is 26.9. The van der Waals surface area contributed by atoms with Gasteiger partial charge in [-0.05, 0) is 49.8 Å². The topological polar surface area (TPSA) is 77.1 Å². The average molecular weight is 417 g/mol. The molecule has 3 aliphatic heterocycles. The van der Waals surface area contributed by atoms with Crippen LogP contribution in [0.3, 0.4) is 0 Å². The fourth-order valence-corrected chi connectivity index (χ4v) is 4.72. The van der Waals surface area contributed by atoms with Crippen molar-refractivity contribution in [1.82, 2.24) is 10.2 Å². The van der Waals surface area contributed by atoms with Gasteiger partial charge < -0.3 is 24.4 Å². The zero-order valence-corrected chi connectivity index (χ0v) is 17.8. The van der Waals surface area contributed by atoms with Crippen LogP contribution in [-0.2, 0) is 19.7 Å². The van der Waals surface area contributed by atoms with Gasteiger partial charge in [-0.15, -0.1) is 0 Å². The Kier molecular flexibility index (Phi) is 6.46. The number of likely N-dealkylation sites (tertiary alicyclic amines) is 1. The van der Waals surface area contributed by atoms with Crippen molar-refractivity contribution in [1.29, 1.82) is 0 Å². The first-order chi connectivity index (χ1) is 14.6. The second-order valence-corrected chi connectivity index (χ2v) is 8.58. The van der Waals surface area contributed by atoms with Gasteiger partial charge in [0.1, 0.15) is 0 Å². The van der Waals surface area contributed by atoms with Gasteiger partial charge in [-0.2, -0.15) is 0 Å². The van der Waals surface area contributed by atoms with Gasteiger partial charge in [-0.1, -0.05) is 13.0 Å². The Morgan fingerprint density at radius 1 is 1.13 bits per heavy atom. The third-order valence-corrected chi connectivity index (χ3v) is 6.72. The Labute approximate surface area is 178 Å². The number of rotatable bonds is 6. The van der Waals surface area contributed by atoms with Gasteiger partial charge in [-0.25, -0.2) is 0 Å². The van der Waals surface area contributed by atoms with Crippen LogP contribution in [0, 0.1) is 5.92 Å². The molecule has 2 amide bonds. The summed E-state index contributed by atoms with van der Waals surface area (Å²) in [5, 5.41) is 3.23. The molecule has 30 heavy (non-hydrogen) atoms. The quantitative estimate of drug-likeness (QED) is 0.771. The maximum Gasteiger partial charge on any atom is 0.231 e. The molecule has 0 saturated carbocycles. The zero-order valence-electron chi connectivity index (χ0n) is 17.8. The highest BCUT2D eigenvalue weighted by molar-refractivity contribution is 5.80. The number of ether oxygens (including phenoxy) is 3. The lowest BCUT2D eigenvalue weighted by molar-refractivity contribution is -0.135. The molecule has 7 nitrogen and oxygen atoms in total. The van der Waals surface area contributed by atoms with Gasteiger partial charge in [0.05, 0.1) is 0 Å². The van der Waals surface area contributed by atoms with Crippen LogP contribution in [0.25, 0.3) is 0 Å². The Balaban J connectivity index is 1.38. The van der Waals surface area contributed by atoms with E-state index in [0.717, 1.165) is 49.2 Å². The molecule has 0 atom stereocenters. The summed E-state index contributed by atoms with van der Waals surface area (Å²) in [6.07, 6.45) is 4.65. The van der Waals surface area contributed by atoms with Gasteiger partial charge in [-0.3, -0.25) is 9.59 Å². The standard InChI is InChI=1S/C23H32N2O5/c1-2-3-21(26)25-10-6-17(7-11-25)22(27)24-15-23(8-12-28-13-9-23)18-4-5-19-20(14-18)30-16-29-19/h4-5,14,17H,2-3,6-13,15-16H2,1H3,(H,24,27). The summed E-state index contributed by atoms with van der Waals surface area (Å²) in [5.41, 5.74) is 1.00. The first kappa shape index (κ1) is 21.0. The molecule has 164 valence electrons. The molecule has 2 saturated heterocycles. The second-order valence-electron chi connectivity index (χ2n) is 8.58. The number of benzene rings is 1. The summed E-state index contributed by atoms with van der Waals surface area (Å²) >= 11 is 0. The number of hydrogen-bond donors (Lipinski definition) is 1. The van der Waals surface area contributed by atoms with Crippen molar-refractivity contribution < 1.29 is 23.8 Å². The van der Waals surface area contributed by atoms with Crippen LogP contribution in [0.5, 0.6) is 11.5 Å². The van der Waals surface area contributed by atoms with Gasteiger partial charge in [0.15, 0.2) is 11.5 Å². The summed E-state index contributed by atoms with van der Waals surface area (Å²) in [7, 11) is 0. The minimum absolute atomic E-state index is 0.0238. The molecule has 4 rings (SSSR count). The molecule has 0 aromatic heterocycles. The molecule has 3 heterocycles. The van der Waals surface area contributed by atoms with Crippen LogP contribution in [0.2, 0.25) is 0 Å². The van der Waals surface area contributed by atoms with Crippen LogP contribution in [-0.4, -0.2) is 56.4 Å². The minimum Gasteiger partial charge on any atom is -0.454 e. The molecule has 3 aliphatic rings. The van der Waals surface area contributed by atoms with Crippen molar-refractivity contribution in [2.75, 3.05) is 39.6 Å². The number of carbonyl (C=O) groups excluding carboxylic acids is 2. The number of fused-ring (bicyclic) bond motifs is 1. The molecule has 0 unspecified atom stereocenters. The lowest BCUT2D eigenvalue weighted by Crippen LogP contribution is -2.48. The Bertz CT molecular complexity index is 767. The fraction of sp³-hybridized carbons (Fsp3) is 0.652. The monoisotopic (exact) mass is 416 g/mol. The normalized spacial score (nSPS) is 20.8. The maximum atomic E-state index is 12.9. The molecule has 7 heteroatoms. The number of amides is 2. The van der Waals surface area contributed by atoms with E-state index in [1.54, 1.807) is 0 Å². The highest BCUT2D eigenvalue weighted by Crippen LogP contribution is 2.40. The third kappa shape index (κ3) is 4.41. The highest BCUT2D eigenvalue weighted by atomic mass is 16.7. The fourth-order valence-electron chi connectivity index (χ4n) is 4.72. The van der Waals surface area contributed by atoms with Crippen LogP contribution in [0.15, 0.2) is 18.2 Å². The van der Waals surface area contributed by atoms with Crippen LogP contribution in [0.1, 0.15) is 51.0 Å². The summed E-state index contributed by atoms with van der Waals surface area (Å²) in [6.45, 7) is 5.58. The Morgan fingerprint density at radius 2 is 1.87 bits per heavy atom. The Hall–Kier alpha value is -2.28. The predicted octanol–water partition coefficient (Wildman–Crippen LogP) is 2.62. The number of hydrogen-bond acceptors (Lipinski definition) is 5. The van der Waals surface area contributed by atoms with Crippen molar-refractivity contribution in [2.24, 2.45) is 5.92 Å². The van der Waals surface area contributed by atoms with Crippen LogP contribution < -0.4 is 14.8 Å². The molecule has 2 fully saturated rings.